The molecular weight excluding hydrogens is 191 g/mol. The van der Waals surface area contributed by atoms with Crippen LogP contribution in [-0.2, 0) is 38.5 Å². The standard InChI is InChI=1S/C2N2.Co.H2S.Ti/c3-1-2-4;;;/h;;1H2;. The molecule has 0 N–H and O–H groups in total. The van der Waals surface area contributed by atoms with Gasteiger partial charge in [0, 0.05) is 38.5 Å². The largest absolute Gasteiger partial charge is 0.197 e. The van der Waals surface area contributed by atoms with Crippen LogP contribution in [0.3, 0.4) is 0 Å². The molecule has 0 heterocycles. The summed E-state index contributed by atoms with van der Waals surface area (Å²) in [6.07, 6.45) is 0. The van der Waals surface area contributed by atoms with E-state index in [0.717, 1.165) is 0 Å². The zero-order valence-corrected chi connectivity index (χ0v) is 6.83. The quantitative estimate of drug-likeness (QED) is 0.513. The third-order valence-electron chi connectivity index (χ3n) is 0.0500. The molecule has 39 valence electrons. The fraction of sp³-hybridized carbons (Fsp3) is 0. The number of nitrogens with zero attached hydrogens (tertiary/aromatic N) is 2. The summed E-state index contributed by atoms with van der Waals surface area (Å²) in [7, 11) is 0. The average molecular weight is 193 g/mol. The summed E-state index contributed by atoms with van der Waals surface area (Å²) in [4.78, 5) is 0. The number of nitriles is 2. The molecule has 0 aromatic rings. The van der Waals surface area contributed by atoms with E-state index in [0.29, 0.717) is 0 Å². The molecule has 0 unspecified atom stereocenters. The van der Waals surface area contributed by atoms with Gasteiger partial charge in [0.15, 0.2) is 12.1 Å². The minimum atomic E-state index is 0. The van der Waals surface area contributed by atoms with Crippen LogP contribution in [0.2, 0.25) is 0 Å². The molecule has 0 atom stereocenters. The van der Waals surface area contributed by atoms with Crippen LogP contribution in [0, 0.1) is 22.7 Å². The summed E-state index contributed by atoms with van der Waals surface area (Å²) in [6, 6.07) is 2.47. The second-order valence-corrected chi connectivity index (χ2v) is 0.224. The molecule has 1 radical (unpaired) electrons. The third kappa shape index (κ3) is 56.4. The van der Waals surface area contributed by atoms with Gasteiger partial charge in [0.25, 0.3) is 0 Å². The maximum Gasteiger partial charge on any atom is 0.181 e. The predicted molar refractivity (Wildman–Crippen MR) is 21.6 cm³/mol. The molecule has 5 heteroatoms. The fourth-order valence-electron chi connectivity index (χ4n) is 0. The maximum atomic E-state index is 7.26. The molecule has 0 bridgehead atoms. The number of hydrogen-bond acceptors (Lipinski definition) is 2. The first-order chi connectivity index (χ1) is 1.91. The molecule has 0 aliphatic heterocycles. The van der Waals surface area contributed by atoms with E-state index in [4.69, 9.17) is 10.5 Å². The van der Waals surface area contributed by atoms with Gasteiger partial charge in [0.05, 0.1) is 0 Å². The van der Waals surface area contributed by atoms with Gasteiger partial charge in [-0.3, -0.25) is 0 Å². The molecule has 0 aromatic carbocycles. The van der Waals surface area contributed by atoms with Gasteiger partial charge >= 0.3 is 0 Å². The van der Waals surface area contributed by atoms with E-state index < -0.39 is 0 Å². The molecule has 0 fully saturated rings. The smallest absolute Gasteiger partial charge is 0.181 e. The van der Waals surface area contributed by atoms with Gasteiger partial charge in [-0.15, -0.1) is 0 Å². The SMILES string of the molecule is N#CC#N.S.[Co].[Ti]. The maximum absolute atomic E-state index is 7.26. The van der Waals surface area contributed by atoms with Gasteiger partial charge in [0.1, 0.15) is 0 Å². The monoisotopic (exact) mass is 193 g/mol. The Balaban J connectivity index is -0.0000000150. The van der Waals surface area contributed by atoms with Gasteiger partial charge in [0.2, 0.25) is 0 Å². The van der Waals surface area contributed by atoms with Gasteiger partial charge in [-0.05, 0) is 0 Å². The minimum absolute atomic E-state index is 0. The van der Waals surface area contributed by atoms with Crippen molar-refractivity contribution in [1.29, 1.82) is 10.5 Å². The van der Waals surface area contributed by atoms with Crippen molar-refractivity contribution in [3.8, 4) is 12.1 Å². The van der Waals surface area contributed by atoms with Gasteiger partial charge in [-0.25, -0.2) is 0 Å². The van der Waals surface area contributed by atoms with Crippen LogP contribution < -0.4 is 0 Å². The van der Waals surface area contributed by atoms with Crippen molar-refractivity contribution in [1.82, 2.24) is 0 Å². The van der Waals surface area contributed by atoms with Crippen LogP contribution >= 0.6 is 13.5 Å². The summed E-state index contributed by atoms with van der Waals surface area (Å²) in [5, 5.41) is 14.5. The molecule has 0 rings (SSSR count). The van der Waals surface area contributed by atoms with E-state index in [-0.39, 0.29) is 52.0 Å². The van der Waals surface area contributed by atoms with Crippen molar-refractivity contribution >= 4 is 13.5 Å². The van der Waals surface area contributed by atoms with Crippen LogP contribution in [0.5, 0.6) is 0 Å². The first-order valence-corrected chi connectivity index (χ1v) is 0.697. The molecule has 0 spiro atoms. The van der Waals surface area contributed by atoms with Crippen molar-refractivity contribution < 1.29 is 38.5 Å². The van der Waals surface area contributed by atoms with Crippen LogP contribution in [-0.4, -0.2) is 0 Å². The van der Waals surface area contributed by atoms with Crippen molar-refractivity contribution in [2.24, 2.45) is 0 Å². The Kier molecular flexibility index (Phi) is 114. The van der Waals surface area contributed by atoms with Crippen molar-refractivity contribution in [3.05, 3.63) is 0 Å². The van der Waals surface area contributed by atoms with Crippen molar-refractivity contribution in [2.75, 3.05) is 0 Å². The van der Waals surface area contributed by atoms with E-state index in [1.807, 2.05) is 0 Å². The van der Waals surface area contributed by atoms with Crippen LogP contribution in [0.25, 0.3) is 0 Å². The molecule has 7 heavy (non-hydrogen) atoms. The topological polar surface area (TPSA) is 47.6 Å². The van der Waals surface area contributed by atoms with Crippen molar-refractivity contribution in [3.63, 3.8) is 0 Å². The Morgan fingerprint density at radius 2 is 1.14 bits per heavy atom. The van der Waals surface area contributed by atoms with Gasteiger partial charge in [-0.1, -0.05) is 0 Å². The summed E-state index contributed by atoms with van der Waals surface area (Å²) in [5.74, 6) is 0. The molecule has 0 amide bonds. The first kappa shape index (κ1) is 25.7. The fourth-order valence-corrected chi connectivity index (χ4v) is 0. The zero-order valence-electron chi connectivity index (χ0n) is 3.23. The number of hydrogen-bond donors (Lipinski definition) is 0. The predicted octanol–water partition coefficient (Wildman–Crippen LogP) is 0.141. The van der Waals surface area contributed by atoms with E-state index in [1.54, 1.807) is 0 Å². The Morgan fingerprint density at radius 1 is 1.00 bits per heavy atom. The molecule has 0 aromatic heterocycles. The average Bonchev–Trinajstić information content (AvgIpc) is 1.37. The van der Waals surface area contributed by atoms with Crippen molar-refractivity contribution in [2.45, 2.75) is 0 Å². The molecule has 0 saturated carbocycles. The normalized spacial score (nSPS) is 1.43. The third-order valence-corrected chi connectivity index (χ3v) is 0.0500. The van der Waals surface area contributed by atoms with Crippen LogP contribution in [0.15, 0.2) is 0 Å². The van der Waals surface area contributed by atoms with E-state index in [9.17, 15) is 0 Å². The first-order valence-electron chi connectivity index (χ1n) is 0.697. The Labute approximate surface area is 74.4 Å². The number of rotatable bonds is 0. The second kappa shape index (κ2) is 31.0. The minimum Gasteiger partial charge on any atom is -0.197 e. The van der Waals surface area contributed by atoms with Gasteiger partial charge in [-0.2, -0.15) is 24.0 Å². The van der Waals surface area contributed by atoms with Crippen LogP contribution in [0.4, 0.5) is 0 Å². The Hall–Kier alpha value is 0.551. The van der Waals surface area contributed by atoms with E-state index in [2.05, 4.69) is 0 Å². The zero-order chi connectivity index (χ0) is 3.41. The van der Waals surface area contributed by atoms with E-state index in [1.165, 1.54) is 12.1 Å². The molecule has 0 aliphatic rings. The van der Waals surface area contributed by atoms with E-state index >= 15 is 0 Å². The van der Waals surface area contributed by atoms with Crippen LogP contribution in [0.1, 0.15) is 0 Å². The van der Waals surface area contributed by atoms with Gasteiger partial charge < -0.3 is 0 Å². The Morgan fingerprint density at radius 3 is 1.14 bits per heavy atom. The second-order valence-electron chi connectivity index (χ2n) is 0.224. The molecule has 0 aliphatic carbocycles. The molecular formula is C2H2CoN2STi. The summed E-state index contributed by atoms with van der Waals surface area (Å²) in [6.45, 7) is 0. The Bertz CT molecular complexity index is 70.7. The summed E-state index contributed by atoms with van der Waals surface area (Å²) >= 11 is 0. The molecule has 0 saturated heterocycles. The molecule has 2 nitrogen and oxygen atoms in total. The summed E-state index contributed by atoms with van der Waals surface area (Å²) < 4.78 is 0. The summed E-state index contributed by atoms with van der Waals surface area (Å²) in [5.41, 5.74) is 0.